The monoisotopic (exact) mass is 301 g/mol. The first-order valence-corrected chi connectivity index (χ1v) is 7.50. The Hall–Kier alpha value is -2.27. The number of rotatable bonds is 5. The second-order valence-electron chi connectivity index (χ2n) is 4.71. The van der Waals surface area contributed by atoms with E-state index in [1.54, 1.807) is 41.8 Å². The number of hydrogen-bond acceptors (Lipinski definition) is 4. The fourth-order valence-electron chi connectivity index (χ4n) is 2.16. The predicted molar refractivity (Wildman–Crippen MR) is 80.0 cm³/mol. The number of thiophene rings is 1. The zero-order valence-electron chi connectivity index (χ0n) is 11.6. The van der Waals surface area contributed by atoms with Crippen LogP contribution in [0.3, 0.4) is 0 Å². The molecule has 0 aromatic carbocycles. The van der Waals surface area contributed by atoms with Crippen molar-refractivity contribution in [2.24, 2.45) is 0 Å². The van der Waals surface area contributed by atoms with Crippen LogP contribution in [0.25, 0.3) is 0 Å². The minimum absolute atomic E-state index is 0.0500. The van der Waals surface area contributed by atoms with Crippen molar-refractivity contribution in [2.45, 2.75) is 20.0 Å². The van der Waals surface area contributed by atoms with E-state index >= 15 is 0 Å². The van der Waals surface area contributed by atoms with Crippen LogP contribution in [0.4, 0.5) is 0 Å². The summed E-state index contributed by atoms with van der Waals surface area (Å²) in [7, 11) is 0. The Bertz CT molecular complexity index is 662. The molecule has 3 heterocycles. The van der Waals surface area contributed by atoms with Gasteiger partial charge in [0.1, 0.15) is 11.5 Å². The first-order chi connectivity index (χ1) is 10.2. The highest BCUT2D eigenvalue weighted by Gasteiger charge is 2.21. The third kappa shape index (κ3) is 3.08. The number of carbonyl (C=O) groups excluding carboxylic acids is 1. The van der Waals surface area contributed by atoms with Crippen LogP contribution in [0.15, 0.2) is 57.1 Å². The molecule has 0 saturated heterocycles. The molecule has 3 aromatic heterocycles. The van der Waals surface area contributed by atoms with Crippen LogP contribution >= 0.6 is 11.3 Å². The van der Waals surface area contributed by atoms with Crippen molar-refractivity contribution in [3.8, 4) is 0 Å². The van der Waals surface area contributed by atoms with Gasteiger partial charge in [-0.2, -0.15) is 0 Å². The zero-order chi connectivity index (χ0) is 14.7. The molecule has 3 aromatic rings. The van der Waals surface area contributed by atoms with Crippen LogP contribution in [0, 0.1) is 6.92 Å². The van der Waals surface area contributed by atoms with Crippen molar-refractivity contribution in [2.75, 3.05) is 0 Å². The summed E-state index contributed by atoms with van der Waals surface area (Å²) < 4.78 is 10.6. The van der Waals surface area contributed by atoms with Crippen LogP contribution in [-0.4, -0.2) is 10.8 Å². The SMILES string of the molecule is Cc1occc1C(=O)N(Cc1ccco1)Cc1cccs1. The Morgan fingerprint density at radius 3 is 2.67 bits per heavy atom. The molecule has 0 N–H and O–H groups in total. The van der Waals surface area contributed by atoms with E-state index in [-0.39, 0.29) is 5.91 Å². The number of furan rings is 2. The standard InChI is InChI=1S/C16H15NO3S/c1-12-15(6-8-19-12)16(18)17(10-13-4-2-7-20-13)11-14-5-3-9-21-14/h2-9H,10-11H2,1H3. The largest absolute Gasteiger partial charge is 0.469 e. The first-order valence-electron chi connectivity index (χ1n) is 6.62. The minimum Gasteiger partial charge on any atom is -0.469 e. The normalized spacial score (nSPS) is 10.7. The molecule has 5 heteroatoms. The van der Waals surface area contributed by atoms with Crippen LogP contribution in [0.1, 0.15) is 26.8 Å². The molecule has 108 valence electrons. The van der Waals surface area contributed by atoms with Gasteiger partial charge < -0.3 is 13.7 Å². The average molecular weight is 301 g/mol. The van der Waals surface area contributed by atoms with Gasteiger partial charge in [-0.05, 0) is 36.6 Å². The van der Waals surface area contributed by atoms with E-state index in [9.17, 15) is 4.79 Å². The van der Waals surface area contributed by atoms with Gasteiger partial charge in [-0.1, -0.05) is 6.07 Å². The lowest BCUT2D eigenvalue weighted by molar-refractivity contribution is 0.0717. The summed E-state index contributed by atoms with van der Waals surface area (Å²) in [5, 5.41) is 2.01. The van der Waals surface area contributed by atoms with Crippen LogP contribution in [-0.2, 0) is 13.1 Å². The minimum atomic E-state index is -0.0500. The molecule has 1 amide bonds. The van der Waals surface area contributed by atoms with E-state index in [0.29, 0.717) is 24.4 Å². The van der Waals surface area contributed by atoms with E-state index in [4.69, 9.17) is 8.83 Å². The van der Waals surface area contributed by atoms with E-state index in [1.807, 2.05) is 29.6 Å². The second kappa shape index (κ2) is 6.01. The Morgan fingerprint density at radius 1 is 1.14 bits per heavy atom. The van der Waals surface area contributed by atoms with Crippen molar-refractivity contribution < 1.29 is 13.6 Å². The highest BCUT2D eigenvalue weighted by atomic mass is 32.1. The fraction of sp³-hybridized carbons (Fsp3) is 0.188. The van der Waals surface area contributed by atoms with Gasteiger partial charge in [0.15, 0.2) is 0 Å². The summed E-state index contributed by atoms with van der Waals surface area (Å²) in [4.78, 5) is 15.6. The van der Waals surface area contributed by atoms with Gasteiger partial charge in [0.05, 0.1) is 31.2 Å². The molecule has 0 unspecified atom stereocenters. The zero-order valence-corrected chi connectivity index (χ0v) is 12.4. The highest BCUT2D eigenvalue weighted by Crippen LogP contribution is 2.19. The molecule has 0 atom stereocenters. The fourth-order valence-corrected chi connectivity index (χ4v) is 2.88. The predicted octanol–water partition coefficient (Wildman–Crippen LogP) is 4.09. The molecule has 0 radical (unpaired) electrons. The molecule has 0 spiro atoms. The number of carbonyl (C=O) groups is 1. The van der Waals surface area contributed by atoms with Crippen LogP contribution in [0.2, 0.25) is 0 Å². The summed E-state index contributed by atoms with van der Waals surface area (Å²) in [5.74, 6) is 1.35. The maximum Gasteiger partial charge on any atom is 0.258 e. The molecule has 0 bridgehead atoms. The lowest BCUT2D eigenvalue weighted by Crippen LogP contribution is -2.29. The Balaban J connectivity index is 1.84. The molecule has 0 aliphatic carbocycles. The molecule has 4 nitrogen and oxygen atoms in total. The molecular formula is C16H15NO3S. The summed E-state index contributed by atoms with van der Waals surface area (Å²) >= 11 is 1.63. The van der Waals surface area contributed by atoms with Crippen molar-refractivity contribution >= 4 is 17.2 Å². The highest BCUT2D eigenvalue weighted by molar-refractivity contribution is 7.09. The Labute approximate surface area is 126 Å². The summed E-state index contributed by atoms with van der Waals surface area (Å²) in [6.07, 6.45) is 3.16. The third-order valence-corrected chi connectivity index (χ3v) is 4.09. The molecule has 0 fully saturated rings. The van der Waals surface area contributed by atoms with Gasteiger partial charge >= 0.3 is 0 Å². The van der Waals surface area contributed by atoms with Crippen LogP contribution in [0.5, 0.6) is 0 Å². The molecule has 0 aliphatic heterocycles. The van der Waals surface area contributed by atoms with Crippen molar-refractivity contribution in [1.29, 1.82) is 0 Å². The summed E-state index contributed by atoms with van der Waals surface area (Å²) in [6, 6.07) is 9.42. The van der Waals surface area contributed by atoms with Gasteiger partial charge in [0.25, 0.3) is 5.91 Å². The third-order valence-electron chi connectivity index (χ3n) is 3.23. The van der Waals surface area contributed by atoms with Gasteiger partial charge in [-0.25, -0.2) is 0 Å². The topological polar surface area (TPSA) is 46.6 Å². The number of nitrogens with zero attached hydrogens (tertiary/aromatic N) is 1. The molecule has 0 aliphatic rings. The lowest BCUT2D eigenvalue weighted by Gasteiger charge is -2.20. The summed E-state index contributed by atoms with van der Waals surface area (Å²) in [6.45, 7) is 2.79. The number of hydrogen-bond donors (Lipinski definition) is 0. The van der Waals surface area contributed by atoms with E-state index in [2.05, 4.69) is 0 Å². The molecule has 0 saturated carbocycles. The van der Waals surface area contributed by atoms with Crippen molar-refractivity contribution in [3.05, 3.63) is 70.2 Å². The smallest absolute Gasteiger partial charge is 0.258 e. The number of amides is 1. The first kappa shape index (κ1) is 13.7. The van der Waals surface area contributed by atoms with Crippen molar-refractivity contribution in [3.63, 3.8) is 0 Å². The second-order valence-corrected chi connectivity index (χ2v) is 5.74. The Kier molecular flexibility index (Phi) is 3.92. The molecule has 21 heavy (non-hydrogen) atoms. The maximum atomic E-state index is 12.7. The van der Waals surface area contributed by atoms with E-state index in [1.165, 1.54) is 0 Å². The van der Waals surface area contributed by atoms with Gasteiger partial charge in [-0.15, -0.1) is 11.3 Å². The average Bonchev–Trinajstić information content (AvgIpc) is 3.19. The Morgan fingerprint density at radius 2 is 2.05 bits per heavy atom. The van der Waals surface area contributed by atoms with E-state index < -0.39 is 0 Å². The van der Waals surface area contributed by atoms with Crippen LogP contribution < -0.4 is 0 Å². The number of aryl methyl sites for hydroxylation is 1. The van der Waals surface area contributed by atoms with E-state index in [0.717, 1.165) is 10.6 Å². The molecular weight excluding hydrogens is 286 g/mol. The quantitative estimate of drug-likeness (QED) is 0.713. The van der Waals surface area contributed by atoms with Gasteiger partial charge in [-0.3, -0.25) is 4.79 Å². The van der Waals surface area contributed by atoms with Gasteiger partial charge in [0, 0.05) is 4.88 Å². The lowest BCUT2D eigenvalue weighted by atomic mass is 10.2. The maximum absolute atomic E-state index is 12.7. The molecule has 3 rings (SSSR count). The van der Waals surface area contributed by atoms with Gasteiger partial charge in [0.2, 0.25) is 0 Å². The van der Waals surface area contributed by atoms with Crippen molar-refractivity contribution in [1.82, 2.24) is 4.90 Å². The summed E-state index contributed by atoms with van der Waals surface area (Å²) in [5.41, 5.74) is 0.595.